The van der Waals surface area contributed by atoms with Crippen molar-refractivity contribution in [2.75, 3.05) is 43.6 Å². The molecule has 6 nitrogen and oxygen atoms in total. The lowest BCUT2D eigenvalue weighted by Gasteiger charge is -2.18. The molecule has 108 valence electrons. The highest BCUT2D eigenvalue weighted by atomic mass is 16.5. The first-order valence-corrected chi connectivity index (χ1v) is 6.72. The number of hydrogen-bond donors (Lipinski definition) is 2. The molecule has 0 fully saturated rings. The van der Waals surface area contributed by atoms with E-state index >= 15 is 0 Å². The number of nitrogens with one attached hydrogen (secondary N) is 1. The second-order valence-electron chi connectivity index (χ2n) is 4.24. The third-order valence-corrected chi connectivity index (χ3v) is 2.58. The highest BCUT2D eigenvalue weighted by molar-refractivity contribution is 5.49. The molecule has 0 bridgehead atoms. The van der Waals surface area contributed by atoms with Crippen molar-refractivity contribution >= 4 is 11.6 Å². The molecule has 1 heterocycles. The van der Waals surface area contributed by atoms with Crippen LogP contribution in [0.5, 0.6) is 0 Å². The summed E-state index contributed by atoms with van der Waals surface area (Å²) < 4.78 is 5.35. The van der Waals surface area contributed by atoms with Gasteiger partial charge in [-0.3, -0.25) is 0 Å². The van der Waals surface area contributed by atoms with Crippen LogP contribution >= 0.6 is 0 Å². The molecule has 0 unspecified atom stereocenters. The predicted molar refractivity (Wildman–Crippen MR) is 76.5 cm³/mol. The molecule has 2 N–H and O–H groups in total. The van der Waals surface area contributed by atoms with Gasteiger partial charge in [0, 0.05) is 32.8 Å². The molecule has 1 aromatic rings. The van der Waals surface area contributed by atoms with E-state index in [1.54, 1.807) is 0 Å². The second-order valence-corrected chi connectivity index (χ2v) is 4.24. The Balaban J connectivity index is 2.87. The lowest BCUT2D eigenvalue weighted by Crippen LogP contribution is -2.23. The maximum Gasteiger partial charge on any atom is 0.158 e. The largest absolute Gasteiger partial charge is 0.395 e. The Morgan fingerprint density at radius 3 is 2.79 bits per heavy atom. The van der Waals surface area contributed by atoms with Gasteiger partial charge in [0.15, 0.2) is 5.82 Å². The number of nitrogens with zero attached hydrogens (tertiary/aromatic N) is 3. The number of hydrogen-bond acceptors (Lipinski definition) is 6. The number of aliphatic hydroxyl groups excluding tert-OH is 1. The molecule has 0 saturated carbocycles. The lowest BCUT2D eigenvalue weighted by molar-refractivity contribution is 0.128. The molecule has 6 heteroatoms. The Hall–Kier alpha value is -1.40. The minimum atomic E-state index is 0.0962. The van der Waals surface area contributed by atoms with Crippen molar-refractivity contribution in [3.8, 4) is 0 Å². The average molecular weight is 268 g/mol. The maximum absolute atomic E-state index is 8.99. The number of aliphatic hydroxyl groups is 1. The van der Waals surface area contributed by atoms with Gasteiger partial charge in [-0.2, -0.15) is 0 Å². The van der Waals surface area contributed by atoms with Crippen LogP contribution in [0.2, 0.25) is 0 Å². The van der Waals surface area contributed by atoms with Gasteiger partial charge in [-0.05, 0) is 13.3 Å². The molecule has 0 aliphatic heterocycles. The Kier molecular flexibility index (Phi) is 7.14. The van der Waals surface area contributed by atoms with E-state index < -0.39 is 0 Å². The van der Waals surface area contributed by atoms with Crippen LogP contribution in [0.25, 0.3) is 0 Å². The Labute approximate surface area is 114 Å². The summed E-state index contributed by atoms with van der Waals surface area (Å²) in [7, 11) is 1.90. The van der Waals surface area contributed by atoms with Crippen LogP contribution in [-0.4, -0.2) is 48.4 Å². The zero-order valence-electron chi connectivity index (χ0n) is 12.0. The summed E-state index contributed by atoms with van der Waals surface area (Å²) >= 11 is 0. The normalized spacial score (nSPS) is 10.5. The summed E-state index contributed by atoms with van der Waals surface area (Å²) in [6.07, 6.45) is 1.03. The molecule has 0 aromatic carbocycles. The third kappa shape index (κ3) is 5.40. The van der Waals surface area contributed by atoms with Crippen LogP contribution < -0.4 is 10.2 Å². The van der Waals surface area contributed by atoms with Crippen molar-refractivity contribution in [2.24, 2.45) is 0 Å². The van der Waals surface area contributed by atoms with Crippen molar-refractivity contribution in [2.45, 2.75) is 26.9 Å². The van der Waals surface area contributed by atoms with Gasteiger partial charge in [-0.25, -0.2) is 9.97 Å². The number of aromatic nitrogens is 2. The van der Waals surface area contributed by atoms with Gasteiger partial charge < -0.3 is 20.1 Å². The maximum atomic E-state index is 8.99. The molecular formula is C13H24N4O2. The quantitative estimate of drug-likeness (QED) is 0.702. The van der Waals surface area contributed by atoms with Crippen LogP contribution in [0, 0.1) is 0 Å². The van der Waals surface area contributed by atoms with E-state index in [0.29, 0.717) is 25.6 Å². The van der Waals surface area contributed by atoms with Crippen molar-refractivity contribution in [3.05, 3.63) is 11.9 Å². The second kappa shape index (κ2) is 8.66. The fourth-order valence-corrected chi connectivity index (χ4v) is 1.54. The Morgan fingerprint density at radius 2 is 2.16 bits per heavy atom. The summed E-state index contributed by atoms with van der Waals surface area (Å²) in [5.41, 5.74) is 0. The number of likely N-dealkylation sites (N-methyl/N-ethyl adjacent to an activating group) is 1. The molecule has 19 heavy (non-hydrogen) atoms. The van der Waals surface area contributed by atoms with Gasteiger partial charge in [-0.1, -0.05) is 6.92 Å². The van der Waals surface area contributed by atoms with Gasteiger partial charge in [0.1, 0.15) is 18.2 Å². The minimum absolute atomic E-state index is 0.0962. The predicted octanol–water partition coefficient (Wildman–Crippen LogP) is 1.26. The van der Waals surface area contributed by atoms with E-state index in [4.69, 9.17) is 9.84 Å². The topological polar surface area (TPSA) is 70.5 Å². The molecule has 1 rings (SSSR count). The van der Waals surface area contributed by atoms with Crippen molar-refractivity contribution < 1.29 is 9.84 Å². The van der Waals surface area contributed by atoms with Crippen molar-refractivity contribution in [3.63, 3.8) is 0 Å². The van der Waals surface area contributed by atoms with E-state index in [1.807, 2.05) is 24.9 Å². The Bertz CT molecular complexity index is 347. The highest BCUT2D eigenvalue weighted by Crippen LogP contribution is 2.15. The van der Waals surface area contributed by atoms with Crippen LogP contribution in [0.4, 0.5) is 11.6 Å². The van der Waals surface area contributed by atoms with Crippen molar-refractivity contribution in [1.82, 2.24) is 9.97 Å². The number of rotatable bonds is 9. The summed E-state index contributed by atoms with van der Waals surface area (Å²) in [5, 5.41) is 12.2. The first-order chi connectivity index (χ1) is 9.21. The average Bonchev–Trinajstić information content (AvgIpc) is 2.43. The van der Waals surface area contributed by atoms with Crippen LogP contribution in [0.1, 0.15) is 26.1 Å². The van der Waals surface area contributed by atoms with Crippen LogP contribution in [-0.2, 0) is 11.3 Å². The third-order valence-electron chi connectivity index (χ3n) is 2.58. The lowest BCUT2D eigenvalue weighted by atomic mass is 10.4. The molecule has 0 aliphatic carbocycles. The fraction of sp³-hybridized carbons (Fsp3) is 0.692. The highest BCUT2D eigenvalue weighted by Gasteiger charge is 2.08. The molecule has 0 atom stereocenters. The summed E-state index contributed by atoms with van der Waals surface area (Å²) in [6, 6.07) is 1.89. The molecule has 0 saturated heterocycles. The molecule has 0 radical (unpaired) electrons. The Morgan fingerprint density at radius 1 is 1.37 bits per heavy atom. The van der Waals surface area contributed by atoms with Gasteiger partial charge >= 0.3 is 0 Å². The molecule has 0 aliphatic rings. The van der Waals surface area contributed by atoms with Crippen LogP contribution in [0.3, 0.4) is 0 Å². The van der Waals surface area contributed by atoms with Crippen molar-refractivity contribution in [1.29, 1.82) is 0 Å². The minimum Gasteiger partial charge on any atom is -0.395 e. The summed E-state index contributed by atoms with van der Waals surface area (Å²) in [5.74, 6) is 2.24. The fourth-order valence-electron chi connectivity index (χ4n) is 1.54. The van der Waals surface area contributed by atoms with Gasteiger partial charge in [0.2, 0.25) is 0 Å². The van der Waals surface area contributed by atoms with E-state index in [9.17, 15) is 0 Å². The zero-order chi connectivity index (χ0) is 14.1. The first kappa shape index (κ1) is 15.7. The van der Waals surface area contributed by atoms with Gasteiger partial charge in [0.05, 0.1) is 6.61 Å². The zero-order valence-corrected chi connectivity index (χ0v) is 12.0. The number of ether oxygens (including phenoxy) is 1. The van der Waals surface area contributed by atoms with Gasteiger partial charge in [-0.15, -0.1) is 0 Å². The number of anilines is 2. The molecular weight excluding hydrogens is 244 g/mol. The van der Waals surface area contributed by atoms with E-state index in [0.717, 1.165) is 24.6 Å². The first-order valence-electron chi connectivity index (χ1n) is 6.72. The molecule has 1 aromatic heterocycles. The molecule has 0 spiro atoms. The van der Waals surface area contributed by atoms with Crippen LogP contribution in [0.15, 0.2) is 6.07 Å². The van der Waals surface area contributed by atoms with E-state index in [1.165, 1.54) is 0 Å². The smallest absolute Gasteiger partial charge is 0.158 e. The van der Waals surface area contributed by atoms with Gasteiger partial charge in [0.25, 0.3) is 0 Å². The summed E-state index contributed by atoms with van der Waals surface area (Å²) in [4.78, 5) is 10.7. The van der Waals surface area contributed by atoms with E-state index in [2.05, 4.69) is 22.2 Å². The summed E-state index contributed by atoms with van der Waals surface area (Å²) in [6.45, 7) is 6.59. The standard InChI is InChI=1S/C13H24N4O2/c1-4-6-14-11-9-13(17(3)7-8-18)16-12(15-11)10-19-5-2/h9,18H,4-8,10H2,1-3H3,(H,14,15,16). The van der Waals surface area contributed by atoms with E-state index in [-0.39, 0.29) is 6.61 Å². The molecule has 0 amide bonds. The SMILES string of the molecule is CCCNc1cc(N(C)CCO)nc(COCC)n1. The monoisotopic (exact) mass is 268 g/mol.